The monoisotopic (exact) mass is 364 g/mol. The van der Waals surface area contributed by atoms with Gasteiger partial charge in [0, 0.05) is 19.2 Å². The number of benzene rings is 2. The maximum absolute atomic E-state index is 12.2. The summed E-state index contributed by atoms with van der Waals surface area (Å²) in [4.78, 5) is 25.8. The summed E-state index contributed by atoms with van der Waals surface area (Å²) in [6.45, 7) is 2.09. The number of amides is 2. The molecule has 24 heavy (non-hydrogen) atoms. The van der Waals surface area contributed by atoms with E-state index in [0.717, 1.165) is 11.1 Å². The van der Waals surface area contributed by atoms with E-state index in [1.807, 2.05) is 25.1 Å². The maximum atomic E-state index is 12.2. The molecule has 0 saturated carbocycles. The Hall–Kier alpha value is -2.04. The van der Waals surface area contributed by atoms with Crippen molar-refractivity contribution >= 4 is 35.0 Å². The van der Waals surface area contributed by atoms with Crippen molar-refractivity contribution in [2.24, 2.45) is 0 Å². The van der Waals surface area contributed by atoms with Gasteiger partial charge in [0.2, 0.25) is 5.91 Å². The number of nitrogens with zero attached hydrogens (tertiary/aromatic N) is 1. The molecule has 0 aromatic heterocycles. The van der Waals surface area contributed by atoms with Gasteiger partial charge in [-0.1, -0.05) is 53.5 Å². The van der Waals surface area contributed by atoms with E-state index in [1.165, 1.54) is 4.90 Å². The fourth-order valence-electron chi connectivity index (χ4n) is 2.23. The molecule has 0 atom stereocenters. The zero-order valence-electron chi connectivity index (χ0n) is 13.5. The van der Waals surface area contributed by atoms with Crippen LogP contribution in [0.25, 0.3) is 0 Å². The first kappa shape index (κ1) is 18.3. The molecule has 0 aliphatic heterocycles. The lowest BCUT2D eigenvalue weighted by Crippen LogP contribution is -2.38. The highest BCUT2D eigenvalue weighted by molar-refractivity contribution is 6.42. The highest BCUT2D eigenvalue weighted by atomic mass is 35.5. The summed E-state index contributed by atoms with van der Waals surface area (Å²) < 4.78 is 0. The van der Waals surface area contributed by atoms with Crippen molar-refractivity contribution in [2.45, 2.75) is 13.5 Å². The van der Waals surface area contributed by atoms with Crippen LogP contribution >= 0.6 is 23.2 Å². The number of carbonyl (C=O) groups is 2. The molecule has 2 rings (SSSR count). The molecule has 0 unspecified atom stereocenters. The zero-order chi connectivity index (χ0) is 17.7. The molecule has 1 N–H and O–H groups in total. The standard InChI is InChI=1S/C18H18Cl2N2O2/c1-12-6-3-4-8-14(12)18(24)21-10-16(23)22(2)11-13-7-5-9-15(19)17(13)20/h3-9H,10-11H2,1-2H3,(H,21,24). The van der Waals surface area contributed by atoms with Crippen LogP contribution in [0.4, 0.5) is 0 Å². The Kier molecular flexibility index (Phi) is 6.23. The minimum absolute atomic E-state index is 0.0815. The van der Waals surface area contributed by atoms with Crippen LogP contribution < -0.4 is 5.32 Å². The largest absolute Gasteiger partial charge is 0.343 e. The second-order valence-corrected chi connectivity index (χ2v) is 6.25. The Morgan fingerprint density at radius 1 is 1.08 bits per heavy atom. The molecule has 0 fully saturated rings. The summed E-state index contributed by atoms with van der Waals surface area (Å²) in [5.74, 6) is -0.483. The van der Waals surface area contributed by atoms with Crippen molar-refractivity contribution < 1.29 is 9.59 Å². The summed E-state index contributed by atoms with van der Waals surface area (Å²) in [5, 5.41) is 3.52. The Morgan fingerprint density at radius 2 is 1.79 bits per heavy atom. The SMILES string of the molecule is Cc1ccccc1C(=O)NCC(=O)N(C)Cc1cccc(Cl)c1Cl. The van der Waals surface area contributed by atoms with E-state index < -0.39 is 0 Å². The van der Waals surface area contributed by atoms with Gasteiger partial charge in [-0.05, 0) is 30.2 Å². The summed E-state index contributed by atoms with van der Waals surface area (Å²) in [6.07, 6.45) is 0. The lowest BCUT2D eigenvalue weighted by atomic mass is 10.1. The fraction of sp³-hybridized carbons (Fsp3) is 0.222. The summed E-state index contributed by atoms with van der Waals surface area (Å²) in [6, 6.07) is 12.5. The van der Waals surface area contributed by atoms with E-state index in [2.05, 4.69) is 5.32 Å². The number of likely N-dealkylation sites (N-methyl/N-ethyl adjacent to an activating group) is 1. The van der Waals surface area contributed by atoms with E-state index in [0.29, 0.717) is 22.2 Å². The van der Waals surface area contributed by atoms with Crippen molar-refractivity contribution in [1.29, 1.82) is 0 Å². The number of rotatable bonds is 5. The number of halogens is 2. The molecule has 0 aliphatic carbocycles. The van der Waals surface area contributed by atoms with Crippen LogP contribution in [0.15, 0.2) is 42.5 Å². The predicted molar refractivity (Wildman–Crippen MR) is 96.4 cm³/mol. The van der Waals surface area contributed by atoms with Crippen molar-refractivity contribution in [2.75, 3.05) is 13.6 Å². The van der Waals surface area contributed by atoms with Crippen LogP contribution in [0, 0.1) is 6.92 Å². The van der Waals surface area contributed by atoms with Crippen molar-refractivity contribution in [1.82, 2.24) is 10.2 Å². The number of carbonyl (C=O) groups excluding carboxylic acids is 2. The molecule has 0 radical (unpaired) electrons. The molecule has 0 spiro atoms. The predicted octanol–water partition coefficient (Wildman–Crippen LogP) is 3.69. The summed E-state index contributed by atoms with van der Waals surface area (Å²) in [7, 11) is 1.65. The van der Waals surface area contributed by atoms with Gasteiger partial charge in [-0.3, -0.25) is 9.59 Å². The van der Waals surface area contributed by atoms with Gasteiger partial charge < -0.3 is 10.2 Å². The fourth-order valence-corrected chi connectivity index (χ4v) is 2.61. The van der Waals surface area contributed by atoms with E-state index in [1.54, 1.807) is 31.3 Å². The van der Waals surface area contributed by atoms with Crippen LogP contribution in [-0.4, -0.2) is 30.3 Å². The lowest BCUT2D eigenvalue weighted by Gasteiger charge is -2.19. The van der Waals surface area contributed by atoms with E-state index in [9.17, 15) is 9.59 Å². The third-order valence-electron chi connectivity index (χ3n) is 3.65. The molecular formula is C18H18Cl2N2O2. The van der Waals surface area contributed by atoms with Crippen molar-refractivity contribution in [3.8, 4) is 0 Å². The third-order valence-corrected chi connectivity index (χ3v) is 4.51. The number of nitrogens with one attached hydrogen (secondary N) is 1. The average Bonchev–Trinajstić information content (AvgIpc) is 2.56. The van der Waals surface area contributed by atoms with E-state index in [4.69, 9.17) is 23.2 Å². The quantitative estimate of drug-likeness (QED) is 0.879. The number of hydrogen-bond acceptors (Lipinski definition) is 2. The highest BCUT2D eigenvalue weighted by Gasteiger charge is 2.14. The van der Waals surface area contributed by atoms with E-state index in [-0.39, 0.29) is 18.4 Å². The average molecular weight is 365 g/mol. The molecule has 4 nitrogen and oxygen atoms in total. The Morgan fingerprint density at radius 3 is 2.50 bits per heavy atom. The van der Waals surface area contributed by atoms with Crippen LogP contribution in [0.5, 0.6) is 0 Å². The lowest BCUT2D eigenvalue weighted by molar-refractivity contribution is -0.129. The Balaban J connectivity index is 1.93. The van der Waals surface area contributed by atoms with Gasteiger partial charge in [-0.25, -0.2) is 0 Å². The second-order valence-electron chi connectivity index (χ2n) is 5.46. The topological polar surface area (TPSA) is 49.4 Å². The highest BCUT2D eigenvalue weighted by Crippen LogP contribution is 2.26. The normalized spacial score (nSPS) is 10.3. The van der Waals surface area contributed by atoms with Crippen molar-refractivity contribution in [3.05, 3.63) is 69.2 Å². The molecule has 0 bridgehead atoms. The first-order chi connectivity index (χ1) is 11.4. The Labute approximate surface area is 151 Å². The van der Waals surface area contributed by atoms with Gasteiger partial charge in [0.25, 0.3) is 5.91 Å². The van der Waals surface area contributed by atoms with Crippen LogP contribution in [0.3, 0.4) is 0 Å². The van der Waals surface area contributed by atoms with Gasteiger partial charge in [-0.15, -0.1) is 0 Å². The molecule has 2 aromatic rings. The molecule has 0 heterocycles. The van der Waals surface area contributed by atoms with Crippen LogP contribution in [-0.2, 0) is 11.3 Å². The maximum Gasteiger partial charge on any atom is 0.251 e. The smallest absolute Gasteiger partial charge is 0.251 e. The number of aryl methyl sites for hydroxylation is 1. The molecule has 2 aromatic carbocycles. The molecule has 0 aliphatic rings. The third kappa shape index (κ3) is 4.49. The molecule has 2 amide bonds. The van der Waals surface area contributed by atoms with Gasteiger partial charge in [0.15, 0.2) is 0 Å². The summed E-state index contributed by atoms with van der Waals surface area (Å²) in [5.41, 5.74) is 2.18. The van der Waals surface area contributed by atoms with Crippen molar-refractivity contribution in [3.63, 3.8) is 0 Å². The molecule has 0 saturated heterocycles. The minimum Gasteiger partial charge on any atom is -0.343 e. The van der Waals surface area contributed by atoms with E-state index >= 15 is 0 Å². The second kappa shape index (κ2) is 8.18. The van der Waals surface area contributed by atoms with Gasteiger partial charge in [0.05, 0.1) is 16.6 Å². The summed E-state index contributed by atoms with van der Waals surface area (Å²) >= 11 is 12.1. The number of hydrogen-bond donors (Lipinski definition) is 1. The van der Waals surface area contributed by atoms with Gasteiger partial charge in [0.1, 0.15) is 0 Å². The molecular weight excluding hydrogens is 347 g/mol. The first-order valence-electron chi connectivity index (χ1n) is 7.41. The molecule has 6 heteroatoms. The van der Waals surface area contributed by atoms with Crippen LogP contribution in [0.2, 0.25) is 10.0 Å². The first-order valence-corrected chi connectivity index (χ1v) is 8.16. The Bertz CT molecular complexity index is 762. The molecule has 126 valence electrons. The zero-order valence-corrected chi connectivity index (χ0v) is 15.0. The van der Waals surface area contributed by atoms with Gasteiger partial charge in [-0.2, -0.15) is 0 Å². The van der Waals surface area contributed by atoms with Gasteiger partial charge >= 0.3 is 0 Å². The van der Waals surface area contributed by atoms with Crippen LogP contribution in [0.1, 0.15) is 21.5 Å². The minimum atomic E-state index is -0.268.